The maximum Gasteiger partial charge on any atom is 0.245 e. The number of nitrogens with zero attached hydrogens (tertiary/aromatic N) is 4. The summed E-state index contributed by atoms with van der Waals surface area (Å²) in [6, 6.07) is -4.80. The number of Topliss-reactive ketones (excluding diaryl/α,β-unsaturated/α-hetero) is 2. The normalized spacial score (nSPS) is 16.0. The van der Waals surface area contributed by atoms with Crippen LogP contribution in [0.2, 0.25) is 0 Å². The first kappa shape index (κ1) is 56.5. The highest BCUT2D eigenvalue weighted by Crippen LogP contribution is 2.23. The van der Waals surface area contributed by atoms with E-state index in [0.29, 0.717) is 19.3 Å². The summed E-state index contributed by atoms with van der Waals surface area (Å²) >= 11 is 0. The summed E-state index contributed by atoms with van der Waals surface area (Å²) in [5.74, 6) is -8.85. The average Bonchev–Trinajstić information content (AvgIpc) is 3.73. The minimum absolute atomic E-state index is 0.00945. The van der Waals surface area contributed by atoms with Gasteiger partial charge in [-0.2, -0.15) is 0 Å². The lowest BCUT2D eigenvalue weighted by molar-refractivity contribution is -0.143. The molecule has 0 aromatic heterocycles. The third kappa shape index (κ3) is 22.6. The second-order valence-corrected chi connectivity index (χ2v) is 16.2. The molecule has 1 saturated heterocycles. The van der Waals surface area contributed by atoms with Gasteiger partial charge in [-0.15, -0.1) is 0 Å². The molecule has 0 aromatic rings. The maximum absolute atomic E-state index is 14.4. The molecule has 7 atom stereocenters. The van der Waals surface area contributed by atoms with Gasteiger partial charge in [0.25, 0.3) is 0 Å². The Labute approximate surface area is 379 Å². The van der Waals surface area contributed by atoms with E-state index in [1.54, 1.807) is 13.8 Å². The number of carbonyl (C=O) groups is 9. The van der Waals surface area contributed by atoms with Gasteiger partial charge >= 0.3 is 0 Å². The van der Waals surface area contributed by atoms with Crippen molar-refractivity contribution >= 4 is 70.8 Å². The van der Waals surface area contributed by atoms with Crippen LogP contribution in [0.1, 0.15) is 110 Å². The molecule has 0 saturated carbocycles. The molecule has 0 radical (unpaired) electrons. The third-order valence-corrected chi connectivity index (χ3v) is 10.9. The summed E-state index contributed by atoms with van der Waals surface area (Å²) < 4.78 is 0. The summed E-state index contributed by atoms with van der Waals surface area (Å²) in [6.45, 7) is 3.92. The van der Waals surface area contributed by atoms with Gasteiger partial charge in [0.2, 0.25) is 41.4 Å². The average molecular weight is 921 g/mol. The number of nitrogens with one attached hydrogen (secondary N) is 3. The molecule has 0 spiro atoms. The van der Waals surface area contributed by atoms with Crippen molar-refractivity contribution < 1.29 is 43.2 Å². The standard InChI is InChI=1S/C40H72N16O9/c1-3-22(2)34(62)53-25(12-14-31(41)59)30(58)21-24(9-5-17-51-39(46)47)35(63)55-27(10-6-18-52-40(48)49)37(65)56-19-7-11-28(56)36(64)54-26(13-15-32(42)60)29(57)20-23(33(43)61)8-4-16-50-38(44)45/h22-28H,3-21H2,1-2H3,(H2,41,59)(H2,42,60)(H2,43,61)(H,53,62)(H,54,64)(H,55,63)(H4,44,45,50)(H4,46,47,51)(H4,48,49,52)/t22-,23-,24-,25+,26+,27+,28+/m1/s1. The van der Waals surface area contributed by atoms with E-state index >= 15 is 0 Å². The van der Waals surface area contributed by atoms with Crippen LogP contribution in [0.15, 0.2) is 15.0 Å². The van der Waals surface area contributed by atoms with Crippen LogP contribution in [0.25, 0.3) is 0 Å². The summed E-state index contributed by atoms with van der Waals surface area (Å²) in [5.41, 5.74) is 49.0. The van der Waals surface area contributed by atoms with E-state index in [4.69, 9.17) is 51.6 Å². The van der Waals surface area contributed by atoms with Gasteiger partial charge in [-0.05, 0) is 70.6 Å². The van der Waals surface area contributed by atoms with Crippen molar-refractivity contribution in [3.05, 3.63) is 0 Å². The number of aliphatic imine (C=N–C) groups is 3. The first-order chi connectivity index (χ1) is 30.6. The maximum atomic E-state index is 14.4. The van der Waals surface area contributed by atoms with E-state index in [-0.39, 0.29) is 115 Å². The third-order valence-electron chi connectivity index (χ3n) is 10.9. The SMILES string of the molecule is CC[C@@H](C)C(=O)N[C@@H](CCC(N)=O)C(=O)C[C@@H](CCCN=C(N)N)C(=O)N[C@@H](CCCN=C(N)N)C(=O)N1CCC[C@H]1C(=O)N[C@@H](CCC(N)=O)C(=O)C[C@@H](CCCN=C(N)N)C(N)=O. The largest absolute Gasteiger partial charge is 0.370 e. The molecule has 0 bridgehead atoms. The van der Waals surface area contributed by atoms with Gasteiger partial charge < -0.3 is 72.5 Å². The summed E-state index contributed by atoms with van der Waals surface area (Å²) in [5, 5.41) is 8.08. The van der Waals surface area contributed by atoms with Crippen molar-refractivity contribution in [2.45, 2.75) is 134 Å². The molecule has 1 fully saturated rings. The highest BCUT2D eigenvalue weighted by atomic mass is 16.2. The predicted molar refractivity (Wildman–Crippen MR) is 242 cm³/mol. The van der Waals surface area contributed by atoms with Crippen molar-refractivity contribution in [1.82, 2.24) is 20.9 Å². The van der Waals surface area contributed by atoms with Crippen molar-refractivity contribution in [2.75, 3.05) is 26.2 Å². The van der Waals surface area contributed by atoms with Crippen LogP contribution < -0.4 is 67.6 Å². The number of primary amides is 3. The fourth-order valence-electron chi connectivity index (χ4n) is 7.05. The monoisotopic (exact) mass is 921 g/mol. The molecule has 1 rings (SSSR count). The Kier molecular flexibility index (Phi) is 25.8. The number of hydrogen-bond acceptors (Lipinski definition) is 12. The Morgan fingerprint density at radius 1 is 0.585 bits per heavy atom. The molecule has 1 heterocycles. The van der Waals surface area contributed by atoms with Crippen molar-refractivity contribution in [2.24, 2.45) is 84.3 Å². The lowest BCUT2D eigenvalue weighted by Gasteiger charge is -2.31. The molecule has 1 aliphatic rings. The van der Waals surface area contributed by atoms with Crippen molar-refractivity contribution in [3.8, 4) is 0 Å². The zero-order valence-electron chi connectivity index (χ0n) is 37.6. The fraction of sp³-hybridized carbons (Fsp3) is 0.700. The van der Waals surface area contributed by atoms with Crippen LogP contribution in [0.4, 0.5) is 0 Å². The molecule has 21 N–H and O–H groups in total. The van der Waals surface area contributed by atoms with Gasteiger partial charge in [0.15, 0.2) is 29.4 Å². The molecule has 0 unspecified atom stereocenters. The molecule has 7 amide bonds. The second kappa shape index (κ2) is 29.7. The molecule has 0 aliphatic carbocycles. The zero-order chi connectivity index (χ0) is 49.2. The van der Waals surface area contributed by atoms with Crippen LogP contribution in [-0.2, 0) is 43.2 Å². The van der Waals surface area contributed by atoms with Gasteiger partial charge in [-0.1, -0.05) is 13.8 Å². The highest BCUT2D eigenvalue weighted by molar-refractivity contribution is 5.97. The van der Waals surface area contributed by atoms with E-state index in [0.717, 1.165) is 0 Å². The van der Waals surface area contributed by atoms with Crippen molar-refractivity contribution in [1.29, 1.82) is 0 Å². The van der Waals surface area contributed by atoms with E-state index in [1.807, 2.05) is 0 Å². The molecule has 0 aromatic carbocycles. The Bertz CT molecular complexity index is 1740. The smallest absolute Gasteiger partial charge is 0.245 e. The minimum Gasteiger partial charge on any atom is -0.370 e. The number of nitrogens with two attached hydrogens (primary N) is 9. The minimum atomic E-state index is -1.28. The van der Waals surface area contributed by atoms with Crippen LogP contribution in [0.3, 0.4) is 0 Å². The molecule has 366 valence electrons. The number of amides is 7. The molecule has 65 heavy (non-hydrogen) atoms. The lowest BCUT2D eigenvalue weighted by Crippen LogP contribution is -2.56. The fourth-order valence-corrected chi connectivity index (χ4v) is 7.05. The molecule has 1 aliphatic heterocycles. The van der Waals surface area contributed by atoms with Crippen LogP contribution >= 0.6 is 0 Å². The van der Waals surface area contributed by atoms with E-state index in [2.05, 4.69) is 30.9 Å². The predicted octanol–water partition coefficient (Wildman–Crippen LogP) is -4.19. The first-order valence-electron chi connectivity index (χ1n) is 21.9. The topological polar surface area (TPSA) is 464 Å². The molecule has 25 heteroatoms. The number of rotatable bonds is 33. The van der Waals surface area contributed by atoms with Gasteiger partial charge in [0.1, 0.15) is 12.1 Å². The van der Waals surface area contributed by atoms with Gasteiger partial charge in [-0.25, -0.2) is 0 Å². The van der Waals surface area contributed by atoms with E-state index in [9.17, 15) is 43.2 Å². The number of carbonyl (C=O) groups excluding carboxylic acids is 9. The quantitative estimate of drug-likeness (QED) is 0.0169. The Morgan fingerprint density at radius 3 is 1.49 bits per heavy atom. The number of guanidine groups is 3. The van der Waals surface area contributed by atoms with Gasteiger partial charge in [0.05, 0.1) is 12.1 Å². The number of likely N-dealkylation sites (tertiary alicyclic amines) is 1. The van der Waals surface area contributed by atoms with Crippen molar-refractivity contribution in [3.63, 3.8) is 0 Å². The zero-order valence-corrected chi connectivity index (χ0v) is 37.6. The van der Waals surface area contributed by atoms with Gasteiger partial charge in [0, 0.05) is 69.6 Å². The Hall–Kier alpha value is -6.56. The van der Waals surface area contributed by atoms with Crippen LogP contribution in [-0.4, -0.2) is 126 Å². The Balaban J connectivity index is 3.48. The number of ketones is 2. The van der Waals surface area contributed by atoms with E-state index in [1.165, 1.54) is 4.90 Å². The van der Waals surface area contributed by atoms with Gasteiger partial charge in [-0.3, -0.25) is 58.1 Å². The van der Waals surface area contributed by atoms with E-state index < -0.39 is 101 Å². The summed E-state index contributed by atoms with van der Waals surface area (Å²) in [6.07, 6.45) is 0.402. The second-order valence-electron chi connectivity index (χ2n) is 16.2. The molecular formula is C40H72N16O9. The Morgan fingerprint density at radius 2 is 1.03 bits per heavy atom. The lowest BCUT2D eigenvalue weighted by atomic mass is 9.91. The molecular weight excluding hydrogens is 849 g/mol. The summed E-state index contributed by atoms with van der Waals surface area (Å²) in [4.78, 5) is 132. The molecule has 25 nitrogen and oxygen atoms in total. The number of hydrogen-bond donors (Lipinski definition) is 12. The highest BCUT2D eigenvalue weighted by Gasteiger charge is 2.40. The summed E-state index contributed by atoms with van der Waals surface area (Å²) in [7, 11) is 0. The van der Waals surface area contributed by atoms with Crippen LogP contribution in [0.5, 0.6) is 0 Å². The van der Waals surface area contributed by atoms with Crippen LogP contribution in [0, 0.1) is 17.8 Å². The first-order valence-corrected chi connectivity index (χ1v) is 21.9.